The Morgan fingerprint density at radius 3 is 2.75 bits per heavy atom. The summed E-state index contributed by atoms with van der Waals surface area (Å²) in [7, 11) is 0. The highest BCUT2D eigenvalue weighted by atomic mass is 16.2. The normalized spacial score (nSPS) is 23.4. The molecule has 2 aromatic rings. The first-order valence-corrected chi connectivity index (χ1v) is 8.96. The highest BCUT2D eigenvalue weighted by Gasteiger charge is 2.49. The zero-order valence-electron chi connectivity index (χ0n) is 14.4. The van der Waals surface area contributed by atoms with Crippen LogP contribution in [-0.2, 0) is 12.1 Å². The lowest BCUT2D eigenvalue weighted by molar-refractivity contribution is 0.0293. The highest BCUT2D eigenvalue weighted by Crippen LogP contribution is 2.46. The summed E-state index contributed by atoms with van der Waals surface area (Å²) in [6.45, 7) is 4.31. The average molecular weight is 320 g/mol. The fourth-order valence-electron chi connectivity index (χ4n) is 4.31. The summed E-state index contributed by atoms with van der Waals surface area (Å²) in [5.41, 5.74) is 3.94. The lowest BCUT2D eigenvalue weighted by atomic mass is 9.78. The zero-order valence-corrected chi connectivity index (χ0v) is 14.4. The lowest BCUT2D eigenvalue weighted by Crippen LogP contribution is -2.61. The van der Waals surface area contributed by atoms with Gasteiger partial charge in [-0.25, -0.2) is 0 Å². The molecule has 0 saturated carbocycles. The molecule has 3 nitrogen and oxygen atoms in total. The van der Waals surface area contributed by atoms with Crippen molar-refractivity contribution in [2.45, 2.75) is 51.2 Å². The maximum Gasteiger partial charge on any atom is 0.258 e. The van der Waals surface area contributed by atoms with Gasteiger partial charge in [-0.05, 0) is 50.3 Å². The molecule has 0 saturated heterocycles. The molecule has 0 fully saturated rings. The smallest absolute Gasteiger partial charge is 0.258 e. The van der Waals surface area contributed by atoms with E-state index in [0.29, 0.717) is 0 Å². The summed E-state index contributed by atoms with van der Waals surface area (Å²) in [4.78, 5) is 15.5. The number of para-hydroxylation sites is 1. The summed E-state index contributed by atoms with van der Waals surface area (Å²) < 4.78 is 0. The summed E-state index contributed by atoms with van der Waals surface area (Å²) >= 11 is 0. The topological polar surface area (TPSA) is 32.3 Å². The Balaban J connectivity index is 1.95. The van der Waals surface area contributed by atoms with E-state index >= 15 is 0 Å². The van der Waals surface area contributed by atoms with E-state index in [9.17, 15) is 4.79 Å². The minimum atomic E-state index is -0.421. The van der Waals surface area contributed by atoms with Crippen LogP contribution in [0.5, 0.6) is 0 Å². The van der Waals surface area contributed by atoms with Crippen LogP contribution in [0.4, 0.5) is 5.69 Å². The van der Waals surface area contributed by atoms with E-state index < -0.39 is 5.66 Å². The molecule has 24 heavy (non-hydrogen) atoms. The molecule has 2 aliphatic rings. The number of carbonyl (C=O) groups is 1. The Kier molecular flexibility index (Phi) is 3.60. The minimum Gasteiger partial charge on any atom is -0.358 e. The first-order chi connectivity index (χ1) is 11.7. The monoisotopic (exact) mass is 320 g/mol. The molecule has 1 amide bonds. The number of nitrogens with one attached hydrogen (secondary N) is 1. The summed E-state index contributed by atoms with van der Waals surface area (Å²) in [6.07, 6.45) is 4.07. The molecule has 1 aliphatic carbocycles. The van der Waals surface area contributed by atoms with Crippen LogP contribution < -0.4 is 5.32 Å². The molecule has 1 heterocycles. The van der Waals surface area contributed by atoms with Crippen molar-refractivity contribution in [1.29, 1.82) is 0 Å². The predicted molar refractivity (Wildman–Crippen MR) is 97.0 cm³/mol. The summed E-state index contributed by atoms with van der Waals surface area (Å²) in [5.74, 6) is 0.149. The number of anilines is 1. The molecule has 2 unspecified atom stereocenters. The van der Waals surface area contributed by atoms with Crippen molar-refractivity contribution < 1.29 is 4.79 Å². The van der Waals surface area contributed by atoms with Gasteiger partial charge in [-0.3, -0.25) is 4.79 Å². The number of rotatable bonds is 2. The highest BCUT2D eigenvalue weighted by molar-refractivity contribution is 6.02. The number of benzene rings is 2. The third-order valence-corrected chi connectivity index (χ3v) is 5.61. The van der Waals surface area contributed by atoms with Gasteiger partial charge in [-0.1, -0.05) is 43.3 Å². The maximum absolute atomic E-state index is 13.4. The van der Waals surface area contributed by atoms with E-state index in [2.05, 4.69) is 48.3 Å². The maximum atomic E-state index is 13.4. The van der Waals surface area contributed by atoms with Gasteiger partial charge in [-0.15, -0.1) is 0 Å². The van der Waals surface area contributed by atoms with E-state index in [1.165, 1.54) is 11.1 Å². The van der Waals surface area contributed by atoms with Crippen molar-refractivity contribution in [3.63, 3.8) is 0 Å². The van der Waals surface area contributed by atoms with Gasteiger partial charge >= 0.3 is 0 Å². The minimum absolute atomic E-state index is 0.149. The number of fused-ring (bicyclic) bond motifs is 3. The SMILES string of the molecule is CCC(C)N1C(=O)c2ccccc2NC12CCCc1ccccc12. The third-order valence-electron chi connectivity index (χ3n) is 5.61. The van der Waals surface area contributed by atoms with Crippen LogP contribution in [0.3, 0.4) is 0 Å². The second kappa shape index (κ2) is 5.66. The van der Waals surface area contributed by atoms with Crippen LogP contribution in [0, 0.1) is 0 Å². The first-order valence-electron chi connectivity index (χ1n) is 8.96. The molecular weight excluding hydrogens is 296 g/mol. The number of hydrogen-bond acceptors (Lipinski definition) is 2. The first kappa shape index (κ1) is 15.3. The molecule has 3 heteroatoms. The molecule has 1 aliphatic heterocycles. The Labute approximate surface area is 143 Å². The molecule has 0 radical (unpaired) electrons. The van der Waals surface area contributed by atoms with Gasteiger partial charge in [0.1, 0.15) is 5.66 Å². The van der Waals surface area contributed by atoms with Crippen LogP contribution in [0.2, 0.25) is 0 Å². The largest absolute Gasteiger partial charge is 0.358 e. The second-order valence-electron chi connectivity index (χ2n) is 6.97. The van der Waals surface area contributed by atoms with Crippen LogP contribution in [-0.4, -0.2) is 16.8 Å². The van der Waals surface area contributed by atoms with Crippen molar-refractivity contribution in [2.75, 3.05) is 5.32 Å². The third kappa shape index (κ3) is 2.07. The fourth-order valence-corrected chi connectivity index (χ4v) is 4.31. The zero-order chi connectivity index (χ0) is 16.7. The quantitative estimate of drug-likeness (QED) is 0.881. The molecule has 4 rings (SSSR count). The van der Waals surface area contributed by atoms with E-state index in [0.717, 1.165) is 36.9 Å². The Hall–Kier alpha value is -2.29. The molecule has 1 N–H and O–H groups in total. The van der Waals surface area contributed by atoms with E-state index in [1.807, 2.05) is 24.3 Å². The average Bonchev–Trinajstić information content (AvgIpc) is 2.62. The number of hydrogen-bond donors (Lipinski definition) is 1. The van der Waals surface area contributed by atoms with Crippen molar-refractivity contribution in [3.8, 4) is 0 Å². The van der Waals surface area contributed by atoms with Crippen LogP contribution in [0.25, 0.3) is 0 Å². The number of amides is 1. The van der Waals surface area contributed by atoms with Gasteiger partial charge in [0.25, 0.3) is 5.91 Å². The van der Waals surface area contributed by atoms with Crippen LogP contribution in [0.15, 0.2) is 48.5 Å². The predicted octanol–water partition coefficient (Wildman–Crippen LogP) is 4.54. The summed E-state index contributed by atoms with van der Waals surface area (Å²) in [5, 5.41) is 3.77. The van der Waals surface area contributed by atoms with Crippen molar-refractivity contribution in [3.05, 3.63) is 65.2 Å². The number of aryl methyl sites for hydroxylation is 1. The van der Waals surface area contributed by atoms with Crippen molar-refractivity contribution in [1.82, 2.24) is 4.90 Å². The van der Waals surface area contributed by atoms with E-state index in [-0.39, 0.29) is 11.9 Å². The van der Waals surface area contributed by atoms with Crippen molar-refractivity contribution in [2.24, 2.45) is 0 Å². The van der Waals surface area contributed by atoms with E-state index in [4.69, 9.17) is 0 Å². The van der Waals surface area contributed by atoms with Crippen LogP contribution in [0.1, 0.15) is 54.6 Å². The fraction of sp³-hybridized carbons (Fsp3) is 0.381. The standard InChI is InChI=1S/C21H24N2O/c1-3-15(2)23-20(24)17-11-5-7-13-19(17)22-21(23)14-8-10-16-9-4-6-12-18(16)21/h4-7,9,11-13,15,22H,3,8,10,14H2,1-2H3. The Morgan fingerprint density at radius 1 is 1.17 bits per heavy atom. The lowest BCUT2D eigenvalue weighted by Gasteiger charge is -2.53. The molecular formula is C21H24N2O. The number of carbonyl (C=O) groups excluding carboxylic acids is 1. The number of nitrogens with zero attached hydrogens (tertiary/aromatic N) is 1. The summed E-state index contributed by atoms with van der Waals surface area (Å²) in [6, 6.07) is 16.7. The molecule has 2 atom stereocenters. The molecule has 1 spiro atoms. The van der Waals surface area contributed by atoms with Gasteiger partial charge in [0.05, 0.1) is 5.56 Å². The van der Waals surface area contributed by atoms with Gasteiger partial charge in [0.15, 0.2) is 0 Å². The Morgan fingerprint density at radius 2 is 1.92 bits per heavy atom. The molecule has 0 bridgehead atoms. The van der Waals surface area contributed by atoms with Gasteiger partial charge < -0.3 is 10.2 Å². The second-order valence-corrected chi connectivity index (χ2v) is 6.97. The molecule has 124 valence electrons. The molecule has 2 aromatic carbocycles. The van der Waals surface area contributed by atoms with Gasteiger partial charge in [0.2, 0.25) is 0 Å². The van der Waals surface area contributed by atoms with Gasteiger partial charge in [-0.2, -0.15) is 0 Å². The van der Waals surface area contributed by atoms with Gasteiger partial charge in [0, 0.05) is 17.3 Å². The van der Waals surface area contributed by atoms with E-state index in [1.54, 1.807) is 0 Å². The van der Waals surface area contributed by atoms with Crippen molar-refractivity contribution >= 4 is 11.6 Å². The molecule has 0 aromatic heterocycles. The van der Waals surface area contributed by atoms with Crippen LogP contribution >= 0.6 is 0 Å². The Bertz CT molecular complexity index is 785.